The molecule has 4 amide bonds. The number of H-pyrrole nitrogens is 1. The van der Waals surface area contributed by atoms with Crippen LogP contribution >= 0.6 is 0 Å². The number of hydrogen-bond acceptors (Lipinski definition) is 17. The highest BCUT2D eigenvalue weighted by atomic mass is 19.1. The van der Waals surface area contributed by atoms with Crippen molar-refractivity contribution in [3.05, 3.63) is 88.8 Å². The van der Waals surface area contributed by atoms with E-state index in [2.05, 4.69) is 51.2 Å². The van der Waals surface area contributed by atoms with Crippen molar-refractivity contribution in [1.82, 2.24) is 61.0 Å². The Labute approximate surface area is 422 Å². The highest BCUT2D eigenvalue weighted by Gasteiger charge is 2.56. The molecule has 6 aliphatic rings. The third kappa shape index (κ3) is 9.68. The Balaban J connectivity index is 0.640. The van der Waals surface area contributed by atoms with E-state index in [0.717, 1.165) is 44.2 Å². The van der Waals surface area contributed by atoms with Gasteiger partial charge in [0, 0.05) is 77.0 Å². The van der Waals surface area contributed by atoms with E-state index in [1.807, 2.05) is 11.8 Å². The topological polar surface area (TPSA) is 299 Å². The Morgan fingerprint density at radius 2 is 1.46 bits per heavy atom. The highest BCUT2D eigenvalue weighted by Crippen LogP contribution is 2.52. The van der Waals surface area contributed by atoms with Gasteiger partial charge >= 0.3 is 0 Å². The summed E-state index contributed by atoms with van der Waals surface area (Å²) in [5.41, 5.74) is 5.09. The lowest BCUT2D eigenvalue weighted by atomic mass is 9.87. The maximum absolute atomic E-state index is 15.3. The van der Waals surface area contributed by atoms with Crippen LogP contribution in [0.4, 0.5) is 8.78 Å². The van der Waals surface area contributed by atoms with Gasteiger partial charge in [-0.3, -0.25) is 24.3 Å². The van der Waals surface area contributed by atoms with E-state index >= 15 is 4.39 Å². The molecule has 2 aliphatic heterocycles. The van der Waals surface area contributed by atoms with E-state index in [0.29, 0.717) is 75.1 Å². The highest BCUT2D eigenvalue weighted by molar-refractivity contribution is 6.11. The Kier molecular flexibility index (Phi) is 12.5. The van der Waals surface area contributed by atoms with Gasteiger partial charge in [-0.1, -0.05) is 0 Å². The number of aromatic nitrogens is 8. The molecule has 0 aromatic carbocycles. The van der Waals surface area contributed by atoms with Gasteiger partial charge in [0.25, 0.3) is 11.8 Å². The molecule has 6 atom stereocenters. The maximum atomic E-state index is 15.3. The first-order valence-corrected chi connectivity index (χ1v) is 25.1. The molecule has 5 aromatic rings. The van der Waals surface area contributed by atoms with Crippen LogP contribution in [0, 0.1) is 34.8 Å². The number of hydrogen-bond donors (Lipinski definition) is 5. The molecule has 7 heterocycles. The summed E-state index contributed by atoms with van der Waals surface area (Å²) in [5.74, 6) is -0.947. The molecule has 74 heavy (non-hydrogen) atoms. The van der Waals surface area contributed by atoms with Gasteiger partial charge in [-0.15, -0.1) is 20.4 Å². The number of pyridine rings is 2. The molecule has 11 rings (SSSR count). The molecular formula is C50H56F2N14O8. The second-order valence-electron chi connectivity index (χ2n) is 20.7. The number of nitrogens with two attached hydrogens (primary N) is 1. The number of carbonyl (C=O) groups is 4. The quantitative estimate of drug-likeness (QED) is 0.0598. The van der Waals surface area contributed by atoms with E-state index in [4.69, 9.17) is 29.5 Å². The largest absolute Gasteiger partial charge is 0.481 e. The molecule has 0 bridgehead atoms. The molecule has 5 aromatic heterocycles. The van der Waals surface area contributed by atoms with E-state index in [1.54, 1.807) is 11.8 Å². The Morgan fingerprint density at radius 3 is 2.11 bits per heavy atom. The van der Waals surface area contributed by atoms with E-state index in [9.17, 15) is 23.6 Å². The number of ether oxygens (including phenoxy) is 2. The predicted molar refractivity (Wildman–Crippen MR) is 254 cm³/mol. The molecule has 6 N–H and O–H groups in total. The minimum Gasteiger partial charge on any atom is -0.481 e. The molecule has 22 nitrogen and oxygen atoms in total. The third-order valence-corrected chi connectivity index (χ3v) is 15.5. The normalized spacial score (nSPS) is 23.2. The zero-order valence-corrected chi connectivity index (χ0v) is 41.0. The van der Waals surface area contributed by atoms with Gasteiger partial charge in [-0.05, 0) is 96.6 Å². The number of rotatable bonds is 17. The fraction of sp³-hybridized carbons (Fsp3) is 0.520. The van der Waals surface area contributed by atoms with Crippen molar-refractivity contribution in [2.45, 2.75) is 119 Å². The number of likely N-dealkylation sites (tertiary alicyclic amines) is 2. The first kappa shape index (κ1) is 48.6. The van der Waals surface area contributed by atoms with Crippen molar-refractivity contribution < 1.29 is 46.3 Å². The average molecular weight is 1020 g/mol. The maximum Gasteiger partial charge on any atom is 0.272 e. The second-order valence-corrected chi connectivity index (χ2v) is 20.7. The minimum atomic E-state index is -0.752. The van der Waals surface area contributed by atoms with Crippen molar-refractivity contribution in [2.24, 2.45) is 23.5 Å². The van der Waals surface area contributed by atoms with Crippen LogP contribution in [-0.2, 0) is 14.4 Å². The van der Waals surface area contributed by atoms with Gasteiger partial charge in [0.2, 0.25) is 47.1 Å². The molecule has 2 saturated heterocycles. The number of nitrogens with zero attached hydrogens (tertiary/aromatic N) is 9. The fourth-order valence-corrected chi connectivity index (χ4v) is 10.5. The van der Waals surface area contributed by atoms with Gasteiger partial charge < -0.3 is 49.9 Å². The van der Waals surface area contributed by atoms with Crippen molar-refractivity contribution in [2.75, 3.05) is 26.8 Å². The molecule has 2 spiro atoms. The molecule has 24 heteroatoms. The van der Waals surface area contributed by atoms with Crippen LogP contribution in [0.5, 0.6) is 11.8 Å². The molecule has 6 fully saturated rings. The predicted octanol–water partition coefficient (Wildman–Crippen LogP) is 5.10. The zero-order valence-electron chi connectivity index (χ0n) is 41.0. The summed E-state index contributed by atoms with van der Waals surface area (Å²) in [6, 6.07) is 3.20. The van der Waals surface area contributed by atoms with Gasteiger partial charge in [0.1, 0.15) is 17.8 Å². The molecular weight excluding hydrogens is 963 g/mol. The van der Waals surface area contributed by atoms with Crippen LogP contribution < -0.4 is 25.8 Å². The monoisotopic (exact) mass is 1020 g/mol. The number of carbonyl (C=O) groups excluding carboxylic acids is 4. The zero-order chi connectivity index (χ0) is 51.6. The van der Waals surface area contributed by atoms with E-state index in [1.165, 1.54) is 25.3 Å². The van der Waals surface area contributed by atoms with Gasteiger partial charge in [0.15, 0.2) is 11.6 Å². The standard InChI is InChI=1S/C50H56F2N14O8/c1-24(43-61-63-45(73-43)26-4-5-26)57-42(68)28-7-13-66(50(20-28)10-11-50)48(70)38-18-37(59-60-38)32-16-40(56-22-34(32)52)72-23-29-14-30(29)46-64-62-44(74-46)25(2)58-41(67)27-6-12-65(49(19-27)8-9-49)47(69)36(54)17-35(53)31-15-39(71-3)55-21-33(31)51/h15-18,21-22,24-30,53H,4-14,19-20,23,54H2,1-3H3,(H,57,68)(H,58,67)(H,59,60)/t24-,25+,27-,28-,29?,30?/m0/s1. The number of piperidine rings is 2. The van der Waals surface area contributed by atoms with Gasteiger partial charge in [-0.2, -0.15) is 5.10 Å². The summed E-state index contributed by atoms with van der Waals surface area (Å²) in [6.45, 7) is 4.47. The van der Waals surface area contributed by atoms with Crippen molar-refractivity contribution in [1.29, 1.82) is 5.41 Å². The summed E-state index contributed by atoms with van der Waals surface area (Å²) < 4.78 is 52.6. The second kappa shape index (κ2) is 19.0. The van der Waals surface area contributed by atoms with Crippen molar-refractivity contribution >= 4 is 29.3 Å². The summed E-state index contributed by atoms with van der Waals surface area (Å²) in [4.78, 5) is 65.8. The SMILES string of the molecule is COc1cc(C(=N)C=C(N)C(=O)N2CC[C@H](C(=O)N[C@H](C)c3nnc(C4CC4COc4cc(-c5cc(C(=O)N6CC[C@H](C(=O)N[C@@H](C)c7nnc(C8CC8)o7)CC67CC7)[nH]n5)c(F)cn4)o3)CC23CC3)c(F)cn1. The van der Waals surface area contributed by atoms with E-state index < -0.39 is 40.7 Å². The Morgan fingerprint density at radius 1 is 0.851 bits per heavy atom. The van der Waals surface area contributed by atoms with Crippen LogP contribution in [-0.4, -0.2) is 118 Å². The van der Waals surface area contributed by atoms with Gasteiger partial charge in [0.05, 0.1) is 43.2 Å². The average Bonchev–Trinajstić information content (AvgIpc) is 4.38. The first-order chi connectivity index (χ1) is 35.6. The number of methoxy groups -OCH3 is 1. The number of amides is 4. The molecule has 0 radical (unpaired) electrons. The lowest BCUT2D eigenvalue weighted by Crippen LogP contribution is -2.52. The van der Waals surface area contributed by atoms with Crippen molar-refractivity contribution in [3.8, 4) is 23.0 Å². The third-order valence-electron chi connectivity index (χ3n) is 15.5. The Hall–Kier alpha value is -7.66. The lowest BCUT2D eigenvalue weighted by Gasteiger charge is -2.40. The number of nitrogens with one attached hydrogen (secondary N) is 4. The summed E-state index contributed by atoms with van der Waals surface area (Å²) in [7, 11) is 1.37. The van der Waals surface area contributed by atoms with Crippen molar-refractivity contribution in [3.63, 3.8) is 0 Å². The van der Waals surface area contributed by atoms with Crippen LogP contribution in [0.25, 0.3) is 11.3 Å². The van der Waals surface area contributed by atoms with E-state index in [-0.39, 0.29) is 106 Å². The van der Waals surface area contributed by atoms with Crippen LogP contribution in [0.15, 0.2) is 51.2 Å². The Bertz CT molecular complexity index is 3070. The number of halogens is 2. The van der Waals surface area contributed by atoms with Crippen LogP contribution in [0.1, 0.15) is 148 Å². The van der Waals surface area contributed by atoms with Gasteiger partial charge in [-0.25, -0.2) is 18.7 Å². The van der Waals surface area contributed by atoms with Crippen LogP contribution in [0.3, 0.4) is 0 Å². The smallest absolute Gasteiger partial charge is 0.272 e. The summed E-state index contributed by atoms with van der Waals surface area (Å²) >= 11 is 0. The summed E-state index contributed by atoms with van der Waals surface area (Å²) in [5, 5.41) is 38.2. The molecule has 4 aliphatic carbocycles. The number of allylic oxidation sites excluding steroid dienone is 1. The number of aromatic amines is 1. The summed E-state index contributed by atoms with van der Waals surface area (Å²) in [6.07, 6.45) is 10.6. The minimum absolute atomic E-state index is 0.00867. The molecule has 2 unspecified atom stereocenters. The van der Waals surface area contributed by atoms with Crippen LogP contribution in [0.2, 0.25) is 0 Å². The molecule has 388 valence electrons. The molecule has 4 saturated carbocycles. The lowest BCUT2D eigenvalue weighted by molar-refractivity contribution is -0.137. The fourth-order valence-electron chi connectivity index (χ4n) is 10.5. The first-order valence-electron chi connectivity index (χ1n) is 25.1.